The van der Waals surface area contributed by atoms with Gasteiger partial charge in [-0.25, -0.2) is 4.98 Å². The lowest BCUT2D eigenvalue weighted by Gasteiger charge is -2.10. The van der Waals surface area contributed by atoms with Crippen LogP contribution in [0.15, 0.2) is 47.4 Å². The topological polar surface area (TPSA) is 82.5 Å². The highest BCUT2D eigenvalue weighted by Gasteiger charge is 2.17. The smallest absolute Gasteiger partial charge is 0.265 e. The molecule has 26 heavy (non-hydrogen) atoms. The largest absolute Gasteiger partial charge is 0.454 e. The molecular weight excluding hydrogens is 334 g/mol. The van der Waals surface area contributed by atoms with E-state index in [2.05, 4.69) is 10.3 Å². The molecule has 132 valence electrons. The first kappa shape index (κ1) is 16.1. The van der Waals surface area contributed by atoms with Gasteiger partial charge in [0.2, 0.25) is 6.79 Å². The second-order valence-electron chi connectivity index (χ2n) is 5.89. The standard InChI is InChI=1S/C19H17N3O4/c1-2-22-17-13(4-3-7-20-17)9-14(19(22)24)18(23)21-10-12-5-6-15-16(8-12)26-11-25-15/h3-9H,2,10-11H2,1H3,(H,21,23). The highest BCUT2D eigenvalue weighted by molar-refractivity contribution is 5.96. The quantitative estimate of drug-likeness (QED) is 0.778. The van der Waals surface area contributed by atoms with Crippen molar-refractivity contribution < 1.29 is 14.3 Å². The van der Waals surface area contributed by atoms with Gasteiger partial charge in [-0.1, -0.05) is 6.07 Å². The highest BCUT2D eigenvalue weighted by Crippen LogP contribution is 2.32. The number of rotatable bonds is 4. The first-order valence-corrected chi connectivity index (χ1v) is 8.32. The number of aromatic nitrogens is 2. The van der Waals surface area contributed by atoms with E-state index in [1.165, 1.54) is 4.57 Å². The Balaban J connectivity index is 1.60. The molecule has 1 amide bonds. The molecule has 0 radical (unpaired) electrons. The number of ether oxygens (including phenoxy) is 2. The molecule has 1 aliphatic rings. The number of hydrogen-bond donors (Lipinski definition) is 1. The summed E-state index contributed by atoms with van der Waals surface area (Å²) in [6.45, 7) is 2.78. The molecule has 0 unspecified atom stereocenters. The molecule has 1 N–H and O–H groups in total. The van der Waals surface area contributed by atoms with E-state index in [-0.39, 0.29) is 24.5 Å². The van der Waals surface area contributed by atoms with Crippen LogP contribution in [0.25, 0.3) is 11.0 Å². The number of carbonyl (C=O) groups is 1. The molecule has 3 aromatic rings. The number of pyridine rings is 2. The third kappa shape index (κ3) is 2.77. The van der Waals surface area contributed by atoms with Crippen LogP contribution in [0.2, 0.25) is 0 Å². The Bertz CT molecular complexity index is 1060. The van der Waals surface area contributed by atoms with Crippen LogP contribution in [-0.2, 0) is 13.1 Å². The maximum Gasteiger partial charge on any atom is 0.265 e. The molecule has 0 bridgehead atoms. The molecule has 1 aliphatic heterocycles. The van der Waals surface area contributed by atoms with Crippen molar-refractivity contribution in [3.63, 3.8) is 0 Å². The van der Waals surface area contributed by atoms with Crippen LogP contribution < -0.4 is 20.3 Å². The van der Waals surface area contributed by atoms with Crippen LogP contribution >= 0.6 is 0 Å². The zero-order valence-electron chi connectivity index (χ0n) is 14.2. The molecule has 3 heterocycles. The maximum absolute atomic E-state index is 12.6. The average molecular weight is 351 g/mol. The minimum atomic E-state index is -0.416. The third-order valence-corrected chi connectivity index (χ3v) is 4.30. The molecule has 0 atom stereocenters. The third-order valence-electron chi connectivity index (χ3n) is 4.30. The van der Waals surface area contributed by atoms with E-state index in [0.717, 1.165) is 10.9 Å². The summed E-state index contributed by atoms with van der Waals surface area (Å²) in [5.74, 6) is 0.926. The minimum Gasteiger partial charge on any atom is -0.454 e. The van der Waals surface area contributed by atoms with E-state index in [4.69, 9.17) is 9.47 Å². The maximum atomic E-state index is 12.6. The molecule has 0 saturated heterocycles. The molecule has 7 heteroatoms. The minimum absolute atomic E-state index is 0.105. The Morgan fingerprint density at radius 3 is 2.92 bits per heavy atom. The second kappa shape index (κ2) is 6.51. The van der Waals surface area contributed by atoms with E-state index in [0.29, 0.717) is 23.7 Å². The summed E-state index contributed by atoms with van der Waals surface area (Å²) in [5, 5.41) is 3.55. The lowest BCUT2D eigenvalue weighted by Crippen LogP contribution is -2.33. The van der Waals surface area contributed by atoms with Crippen LogP contribution in [-0.4, -0.2) is 22.3 Å². The molecule has 1 aromatic carbocycles. The predicted molar refractivity (Wildman–Crippen MR) is 95.4 cm³/mol. The summed E-state index contributed by atoms with van der Waals surface area (Å²) in [7, 11) is 0. The normalized spacial score (nSPS) is 12.3. The van der Waals surface area contributed by atoms with Gasteiger partial charge in [0.05, 0.1) is 0 Å². The fourth-order valence-corrected chi connectivity index (χ4v) is 2.99. The number of fused-ring (bicyclic) bond motifs is 2. The van der Waals surface area contributed by atoms with Crippen molar-refractivity contribution in [1.82, 2.24) is 14.9 Å². The van der Waals surface area contributed by atoms with E-state index in [9.17, 15) is 9.59 Å². The Kier molecular flexibility index (Phi) is 4.04. The van der Waals surface area contributed by atoms with Crippen molar-refractivity contribution in [1.29, 1.82) is 0 Å². The van der Waals surface area contributed by atoms with Crippen LogP contribution in [0, 0.1) is 0 Å². The van der Waals surface area contributed by atoms with Gasteiger partial charge in [-0.15, -0.1) is 0 Å². The number of benzene rings is 1. The van der Waals surface area contributed by atoms with Gasteiger partial charge in [0.25, 0.3) is 11.5 Å². The van der Waals surface area contributed by atoms with Gasteiger partial charge < -0.3 is 14.8 Å². The van der Waals surface area contributed by atoms with E-state index in [1.807, 2.05) is 25.1 Å². The van der Waals surface area contributed by atoms with Crippen LogP contribution in [0.3, 0.4) is 0 Å². The average Bonchev–Trinajstić information content (AvgIpc) is 3.13. The van der Waals surface area contributed by atoms with Crippen molar-refractivity contribution in [3.8, 4) is 11.5 Å². The predicted octanol–water partition coefficient (Wildman–Crippen LogP) is 2.08. The Labute approximate surface area is 149 Å². The Morgan fingerprint density at radius 2 is 2.08 bits per heavy atom. The Morgan fingerprint density at radius 1 is 1.23 bits per heavy atom. The molecular formula is C19H17N3O4. The van der Waals surface area contributed by atoms with Gasteiger partial charge in [-0.3, -0.25) is 14.2 Å². The first-order valence-electron chi connectivity index (χ1n) is 8.32. The number of aryl methyl sites for hydroxylation is 1. The summed E-state index contributed by atoms with van der Waals surface area (Å²) in [6.07, 6.45) is 1.63. The molecule has 2 aromatic heterocycles. The monoisotopic (exact) mass is 351 g/mol. The molecule has 0 fully saturated rings. The van der Waals surface area contributed by atoms with Crippen molar-refractivity contribution in [2.24, 2.45) is 0 Å². The summed E-state index contributed by atoms with van der Waals surface area (Å²) in [6, 6.07) is 10.7. The lowest BCUT2D eigenvalue weighted by atomic mass is 10.1. The van der Waals surface area contributed by atoms with E-state index in [1.54, 1.807) is 24.4 Å². The van der Waals surface area contributed by atoms with Crippen molar-refractivity contribution in [2.45, 2.75) is 20.0 Å². The molecule has 0 saturated carbocycles. The van der Waals surface area contributed by atoms with Crippen LogP contribution in [0.1, 0.15) is 22.8 Å². The number of nitrogens with zero attached hydrogens (tertiary/aromatic N) is 2. The number of nitrogens with one attached hydrogen (secondary N) is 1. The van der Waals surface area contributed by atoms with Crippen molar-refractivity contribution in [2.75, 3.05) is 6.79 Å². The molecule has 0 aliphatic carbocycles. The van der Waals surface area contributed by atoms with Gasteiger partial charge in [-0.05, 0) is 42.8 Å². The van der Waals surface area contributed by atoms with Gasteiger partial charge in [0, 0.05) is 24.7 Å². The summed E-state index contributed by atoms with van der Waals surface area (Å²) >= 11 is 0. The van der Waals surface area contributed by atoms with Gasteiger partial charge >= 0.3 is 0 Å². The summed E-state index contributed by atoms with van der Waals surface area (Å²) in [4.78, 5) is 29.5. The van der Waals surface area contributed by atoms with Crippen molar-refractivity contribution in [3.05, 3.63) is 64.1 Å². The zero-order valence-corrected chi connectivity index (χ0v) is 14.2. The van der Waals surface area contributed by atoms with E-state index >= 15 is 0 Å². The summed E-state index contributed by atoms with van der Waals surface area (Å²) < 4.78 is 12.1. The van der Waals surface area contributed by atoms with Gasteiger partial charge in [0.1, 0.15) is 11.2 Å². The summed E-state index contributed by atoms with van der Waals surface area (Å²) in [5.41, 5.74) is 1.20. The lowest BCUT2D eigenvalue weighted by molar-refractivity contribution is 0.0949. The van der Waals surface area contributed by atoms with E-state index < -0.39 is 5.91 Å². The second-order valence-corrected chi connectivity index (χ2v) is 5.89. The number of amides is 1. The van der Waals surface area contributed by atoms with Crippen LogP contribution in [0.5, 0.6) is 11.5 Å². The fourth-order valence-electron chi connectivity index (χ4n) is 2.99. The SMILES string of the molecule is CCn1c(=O)c(C(=O)NCc2ccc3c(c2)OCO3)cc2cccnc21. The van der Waals surface area contributed by atoms with Gasteiger partial charge in [-0.2, -0.15) is 0 Å². The molecule has 4 rings (SSSR count). The fraction of sp³-hybridized carbons (Fsp3) is 0.211. The van der Waals surface area contributed by atoms with Gasteiger partial charge in [0.15, 0.2) is 11.5 Å². The zero-order chi connectivity index (χ0) is 18.1. The first-order chi connectivity index (χ1) is 12.7. The number of carbonyl (C=O) groups excluding carboxylic acids is 1. The number of hydrogen-bond acceptors (Lipinski definition) is 5. The molecule has 7 nitrogen and oxygen atoms in total. The van der Waals surface area contributed by atoms with Crippen LogP contribution in [0.4, 0.5) is 0 Å². The molecule has 0 spiro atoms. The van der Waals surface area contributed by atoms with Crippen molar-refractivity contribution >= 4 is 16.9 Å². The highest BCUT2D eigenvalue weighted by atomic mass is 16.7. The Hall–Kier alpha value is -3.35.